The smallest absolute Gasteiger partial charge is 0.344 e. The van der Waals surface area contributed by atoms with Crippen molar-refractivity contribution in [2.24, 2.45) is 70.5 Å². The van der Waals surface area contributed by atoms with Crippen LogP contribution in [0, 0.1) is 70.5 Å². The monoisotopic (exact) mass is 1440 g/mol. The van der Waals surface area contributed by atoms with Crippen LogP contribution in [0.1, 0.15) is 188 Å². The number of carbonyl (C=O) groups is 8. The van der Waals surface area contributed by atoms with E-state index in [4.69, 9.17) is 61.6 Å². The van der Waals surface area contributed by atoms with Gasteiger partial charge < -0.3 is 87.1 Å². The van der Waals surface area contributed by atoms with E-state index in [1.165, 1.54) is 20.8 Å². The maximum absolute atomic E-state index is 13.3. The summed E-state index contributed by atoms with van der Waals surface area (Å²) in [5.74, 6) is -10.2. The van der Waals surface area contributed by atoms with Crippen molar-refractivity contribution in [3.8, 4) is 0 Å². The Labute approximate surface area is 598 Å². The largest absolute Gasteiger partial charge is 0.459 e. The SMILES string of the molecule is C=C(C)C(=O)OC1(C)CC(C)(O)OC1C.C=C(C)C(=O)OC1C(C)(C)COC1(C)O.C=C(C)C(=O)OC1CC2CC1C1C2C(C)(O)OC1(C)C.C=C(C)C(=O)OCC(=O)OC1C2CC3C1OC(C)(O)C3C2.C=C(C)C(=O)OCC(=O)OC1C2CC3C1OC(C)(O)C3C2C(=O)OC1(CC)CCCC1. The molecule has 6 bridgehead atoms. The van der Waals surface area contributed by atoms with Crippen molar-refractivity contribution in [3.63, 3.8) is 0 Å². The van der Waals surface area contributed by atoms with E-state index in [2.05, 4.69) is 32.9 Å². The molecule has 5 aliphatic heterocycles. The third kappa shape index (κ3) is 17.1. The number of rotatable bonds is 17. The van der Waals surface area contributed by atoms with Crippen molar-refractivity contribution in [1.82, 2.24) is 0 Å². The van der Waals surface area contributed by atoms with Crippen LogP contribution in [0.2, 0.25) is 0 Å². The van der Waals surface area contributed by atoms with Gasteiger partial charge in [-0.05, 0) is 185 Å². The summed E-state index contributed by atoms with van der Waals surface area (Å²) in [6.45, 7) is 46.2. The predicted molar refractivity (Wildman–Crippen MR) is 362 cm³/mol. The molecule has 12 fully saturated rings. The molecule has 7 aliphatic carbocycles. The molecule has 0 spiro atoms. The highest BCUT2D eigenvalue weighted by molar-refractivity contribution is 5.90. The number of hydrogen-bond donors (Lipinski definition) is 5. The van der Waals surface area contributed by atoms with E-state index in [-0.39, 0.29) is 113 Å². The van der Waals surface area contributed by atoms with E-state index in [0.717, 1.165) is 57.8 Å². The molecule has 12 aliphatic rings. The Morgan fingerprint density at radius 3 is 1.51 bits per heavy atom. The quantitative estimate of drug-likeness (QED) is 0.0524. The molecule has 0 amide bonds. The standard InChI is InChI=1S/C23H32O8.C16H24O4.C15H20O6.2C11H18O4/c1-5-23(8-6-7-9-23)31-21(26)16-13-10-14-17(16)22(4,27)30-19(14)18(13)29-15(24)11-28-20(25)12(2)3;1-8(2)14(17)19-11-7-9-6-10(11)13-12(9)16(5,18)20-15(13,3)4;1-7(2)14(17)19-6-11(16)20-12-8-4-9-10(5-8)15(3,18)21-13(9)12;1-7(2)8(12)15-9-10(3,4)6-14-11(9,5)13;1-7(2)9(12)15-10(4)6-11(5,13)14-8(10)3/h13-14,16-19,27H,2,5-11H2,1,3-4H3;9-13,18H,1,6-7H2,2-5H3;8-10,12-13,18H,1,4-6H2,2-3H3;9,13H,1,6H2,2-5H3;8,13H,1,6H2,2-5H3. The highest BCUT2D eigenvalue weighted by Gasteiger charge is 2.73. The molecular formula is C76H112O26. The highest BCUT2D eigenvalue weighted by atomic mass is 16.7. The van der Waals surface area contributed by atoms with E-state index >= 15 is 0 Å². The molecule has 7 saturated carbocycles. The van der Waals surface area contributed by atoms with Crippen molar-refractivity contribution in [2.45, 2.75) is 277 Å². The Bertz CT molecular complexity index is 3270. The number of ether oxygens (including phenoxy) is 13. The van der Waals surface area contributed by atoms with Gasteiger partial charge in [0.25, 0.3) is 0 Å². The second-order valence-corrected chi connectivity index (χ2v) is 33.1. The first-order valence-corrected chi connectivity index (χ1v) is 35.7. The van der Waals surface area contributed by atoms with Gasteiger partial charge in [-0.15, -0.1) is 0 Å². The van der Waals surface area contributed by atoms with Gasteiger partial charge in [0.05, 0.1) is 24.2 Å². The van der Waals surface area contributed by atoms with Crippen LogP contribution in [0.15, 0.2) is 60.8 Å². The van der Waals surface area contributed by atoms with Gasteiger partial charge in [0, 0.05) is 75.2 Å². The molecule has 12 rings (SSSR count). The van der Waals surface area contributed by atoms with E-state index in [0.29, 0.717) is 35.7 Å². The van der Waals surface area contributed by atoms with Gasteiger partial charge in [-0.25, -0.2) is 33.6 Å². The van der Waals surface area contributed by atoms with Crippen molar-refractivity contribution >= 4 is 47.8 Å². The van der Waals surface area contributed by atoms with Crippen LogP contribution in [-0.2, 0) is 99.9 Å². The number of hydrogen-bond acceptors (Lipinski definition) is 26. The average Bonchev–Trinajstić information content (AvgIpc) is 1.54. The molecule has 0 aromatic carbocycles. The first-order valence-electron chi connectivity index (χ1n) is 35.7. The molecule has 572 valence electrons. The summed E-state index contributed by atoms with van der Waals surface area (Å²) in [6.07, 6.45) is 6.14. The lowest BCUT2D eigenvalue weighted by molar-refractivity contribution is -0.225. The first kappa shape index (κ1) is 81.7. The van der Waals surface area contributed by atoms with Gasteiger partial charge >= 0.3 is 47.8 Å². The summed E-state index contributed by atoms with van der Waals surface area (Å²) in [4.78, 5) is 94.8. The van der Waals surface area contributed by atoms with E-state index in [9.17, 15) is 63.9 Å². The summed E-state index contributed by atoms with van der Waals surface area (Å²) in [5.41, 5.74) is -0.476. The number of carbonyl (C=O) groups excluding carboxylic acids is 8. The lowest BCUT2D eigenvalue weighted by atomic mass is 9.70. The van der Waals surface area contributed by atoms with Crippen LogP contribution in [0.5, 0.6) is 0 Å². The summed E-state index contributed by atoms with van der Waals surface area (Å²) in [7, 11) is 0. The van der Waals surface area contributed by atoms with Crippen molar-refractivity contribution in [3.05, 3.63) is 60.8 Å². The van der Waals surface area contributed by atoms with Crippen molar-refractivity contribution < 1.29 is 125 Å². The van der Waals surface area contributed by atoms with Crippen LogP contribution >= 0.6 is 0 Å². The molecule has 5 N–H and O–H groups in total. The maximum atomic E-state index is 13.3. The van der Waals surface area contributed by atoms with E-state index < -0.39 is 119 Å². The van der Waals surface area contributed by atoms with Crippen LogP contribution in [-0.4, -0.2) is 182 Å². The molecule has 0 aromatic heterocycles. The summed E-state index contributed by atoms with van der Waals surface area (Å²) in [5, 5.41) is 51.3. The summed E-state index contributed by atoms with van der Waals surface area (Å²) < 4.78 is 70.7. The zero-order valence-corrected chi connectivity index (χ0v) is 62.6. The Kier molecular flexibility index (Phi) is 23.9. The molecular weight excluding hydrogens is 1330 g/mol. The van der Waals surface area contributed by atoms with Gasteiger partial charge in [-0.3, -0.25) is 4.79 Å². The second-order valence-electron chi connectivity index (χ2n) is 33.1. The van der Waals surface area contributed by atoms with Gasteiger partial charge in [0.15, 0.2) is 42.5 Å². The van der Waals surface area contributed by atoms with Crippen LogP contribution < -0.4 is 0 Å². The summed E-state index contributed by atoms with van der Waals surface area (Å²) in [6, 6.07) is 0. The minimum atomic E-state index is -1.49. The third-order valence-electron chi connectivity index (χ3n) is 23.2. The van der Waals surface area contributed by atoms with Crippen LogP contribution in [0.4, 0.5) is 0 Å². The Morgan fingerprint density at radius 2 is 1.01 bits per heavy atom. The van der Waals surface area contributed by atoms with E-state index in [1.54, 1.807) is 62.3 Å². The fraction of sp³-hybridized carbons (Fsp3) is 0.763. The number of fused-ring (bicyclic) bond motifs is 7. The van der Waals surface area contributed by atoms with Gasteiger partial charge in [-0.2, -0.15) is 0 Å². The molecule has 5 saturated heterocycles. The van der Waals surface area contributed by atoms with Gasteiger partial charge in [-0.1, -0.05) is 53.7 Å². The highest BCUT2D eigenvalue weighted by Crippen LogP contribution is 2.66. The molecule has 24 unspecified atom stereocenters. The molecule has 0 radical (unpaired) electrons. The van der Waals surface area contributed by atoms with Gasteiger partial charge in [0.1, 0.15) is 41.7 Å². The molecule has 5 heterocycles. The fourth-order valence-electron chi connectivity index (χ4n) is 18.8. The average molecular weight is 1440 g/mol. The minimum Gasteiger partial charge on any atom is -0.459 e. The molecule has 102 heavy (non-hydrogen) atoms. The minimum absolute atomic E-state index is 0.0535. The maximum Gasteiger partial charge on any atom is 0.344 e. The van der Waals surface area contributed by atoms with Crippen molar-refractivity contribution in [2.75, 3.05) is 19.8 Å². The van der Waals surface area contributed by atoms with Crippen molar-refractivity contribution in [1.29, 1.82) is 0 Å². The Balaban J connectivity index is 0.000000167. The first-order chi connectivity index (χ1) is 46.8. The van der Waals surface area contributed by atoms with Crippen LogP contribution in [0.3, 0.4) is 0 Å². The molecule has 26 heteroatoms. The van der Waals surface area contributed by atoms with Crippen LogP contribution in [0.25, 0.3) is 0 Å². The second kappa shape index (κ2) is 29.8. The summed E-state index contributed by atoms with van der Waals surface area (Å²) >= 11 is 0. The molecule has 26 nitrogen and oxygen atoms in total. The Morgan fingerprint density at radius 1 is 0.500 bits per heavy atom. The zero-order valence-electron chi connectivity index (χ0n) is 62.6. The molecule has 0 aromatic rings. The fourth-order valence-corrected chi connectivity index (χ4v) is 18.8. The lowest BCUT2D eigenvalue weighted by Crippen LogP contribution is -2.47. The van der Waals surface area contributed by atoms with E-state index in [1.807, 2.05) is 34.6 Å². The topological polar surface area (TPSA) is 358 Å². The predicted octanol–water partition coefficient (Wildman–Crippen LogP) is 7.94. The zero-order chi connectivity index (χ0) is 76.5. The molecule has 24 atom stereocenters. The lowest BCUT2D eigenvalue weighted by Gasteiger charge is -2.36. The number of esters is 8. The normalized spacial score (nSPS) is 41.1. The number of aliphatic hydroxyl groups is 5. The van der Waals surface area contributed by atoms with Gasteiger partial charge in [0.2, 0.25) is 5.79 Å². The third-order valence-corrected chi connectivity index (χ3v) is 23.2. The Hall–Kier alpha value is -5.94.